The molecule has 2 aromatic heterocycles. The zero-order valence-corrected chi connectivity index (χ0v) is 29.2. The van der Waals surface area contributed by atoms with E-state index >= 15 is 0 Å². The van der Waals surface area contributed by atoms with Gasteiger partial charge in [-0.2, -0.15) is 8.62 Å². The Morgan fingerprint density at radius 2 is 1.52 bits per heavy atom. The summed E-state index contributed by atoms with van der Waals surface area (Å²) in [6, 6.07) is 20.0. The third-order valence-corrected chi connectivity index (χ3v) is 12.0. The maximum atomic E-state index is 13.4. The second kappa shape index (κ2) is 14.0. The second-order valence-electron chi connectivity index (χ2n) is 11.3. The second-order valence-corrected chi connectivity index (χ2v) is 16.0. The number of ether oxygens (including phenoxy) is 2. The maximum Gasteiger partial charge on any atom is 0.490 e. The van der Waals surface area contributed by atoms with Crippen LogP contribution in [0.25, 0.3) is 27.7 Å². The summed E-state index contributed by atoms with van der Waals surface area (Å²) in [5.41, 5.74) is 0.360. The first kappa shape index (κ1) is 38.1. The number of rotatable bonds is 13. The fraction of sp³-hybridized carbons (Fsp3) is 0.241. The topological polar surface area (TPSA) is 287 Å². The Hall–Kier alpha value is -3.65. The van der Waals surface area contributed by atoms with Crippen molar-refractivity contribution in [3.05, 3.63) is 101 Å². The third-order valence-electron chi connectivity index (χ3n) is 7.80. The summed E-state index contributed by atoms with van der Waals surface area (Å²) in [6.07, 6.45) is -2.32. The number of aliphatic hydroxyl groups is 4. The highest BCUT2D eigenvalue weighted by Gasteiger charge is 2.67. The van der Waals surface area contributed by atoms with E-state index in [0.717, 1.165) is 21.4 Å². The molecule has 0 spiro atoms. The molecule has 5 aromatic rings. The van der Waals surface area contributed by atoms with E-state index in [-0.39, 0.29) is 5.65 Å². The predicted molar refractivity (Wildman–Crippen MR) is 176 cm³/mol. The van der Waals surface area contributed by atoms with E-state index in [4.69, 9.17) is 14.0 Å². The van der Waals surface area contributed by atoms with Crippen LogP contribution in [-0.2, 0) is 42.7 Å². The van der Waals surface area contributed by atoms with Crippen LogP contribution in [-0.4, -0.2) is 80.5 Å². The molecule has 0 radical (unpaired) electrons. The van der Waals surface area contributed by atoms with E-state index in [9.17, 15) is 53.6 Å². The van der Waals surface area contributed by atoms with Crippen molar-refractivity contribution in [3.8, 4) is 17.0 Å². The van der Waals surface area contributed by atoms with Crippen molar-refractivity contribution >= 4 is 39.9 Å². The Kier molecular flexibility index (Phi) is 10.2. The van der Waals surface area contributed by atoms with Crippen molar-refractivity contribution in [2.45, 2.75) is 30.5 Å². The van der Waals surface area contributed by atoms with E-state index in [1.165, 1.54) is 19.4 Å². The highest BCUT2D eigenvalue weighted by atomic mass is 31.3. The first-order valence-electron chi connectivity index (χ1n) is 14.8. The standard InChI is InChI=1S/C29H30N3O17P3/c1-44-22-8-4-7-21(14-22)23-15-32-25(30-23)11-12-31(27(32)33)26-29(36,37)28(34,35)24(47-26)17-46-51(40,41)49-52(42,43)48-50(38,39)45-16-18-9-10-19-5-2-3-6-20(19)13-18/h2-15,24,26,34-37H,16-17H2,1H3,(H,38,39)(H,40,41)(H,42,43). The van der Waals surface area contributed by atoms with Crippen LogP contribution in [0.3, 0.4) is 0 Å². The van der Waals surface area contributed by atoms with E-state index in [1.54, 1.807) is 60.7 Å². The van der Waals surface area contributed by atoms with Gasteiger partial charge in [-0.25, -0.2) is 23.5 Å². The summed E-state index contributed by atoms with van der Waals surface area (Å²) < 4.78 is 66.6. The van der Waals surface area contributed by atoms with E-state index < -0.39 is 66.3 Å². The molecular weight excluding hydrogens is 755 g/mol. The van der Waals surface area contributed by atoms with Crippen LogP contribution in [0.1, 0.15) is 11.8 Å². The molecule has 0 amide bonds. The lowest BCUT2D eigenvalue weighted by molar-refractivity contribution is -0.355. The van der Waals surface area contributed by atoms with E-state index in [1.807, 2.05) is 6.07 Å². The van der Waals surface area contributed by atoms with Gasteiger partial charge in [-0.05, 0) is 40.6 Å². The number of hydrogen-bond acceptors (Lipinski definition) is 15. The molecule has 20 nitrogen and oxygen atoms in total. The Morgan fingerprint density at radius 1 is 0.827 bits per heavy atom. The average Bonchev–Trinajstić information content (AvgIpc) is 3.59. The molecule has 5 unspecified atom stereocenters. The highest BCUT2D eigenvalue weighted by Crippen LogP contribution is 2.68. The monoisotopic (exact) mass is 785 g/mol. The van der Waals surface area contributed by atoms with Gasteiger partial charge in [0, 0.05) is 18.0 Å². The molecule has 0 aliphatic carbocycles. The molecular formula is C29H30N3O17P3. The van der Waals surface area contributed by atoms with Gasteiger partial charge in [0.2, 0.25) is 0 Å². The van der Waals surface area contributed by atoms with Crippen molar-refractivity contribution in [1.29, 1.82) is 0 Å². The molecule has 3 heterocycles. The number of benzene rings is 3. The maximum absolute atomic E-state index is 13.4. The summed E-state index contributed by atoms with van der Waals surface area (Å²) in [7, 11) is -15.7. The summed E-state index contributed by atoms with van der Waals surface area (Å²) in [4.78, 5) is 47.7. The lowest BCUT2D eigenvalue weighted by atomic mass is 10.0. The SMILES string of the molecule is COc1cccc(-c2cn3c(=O)n(C4OC(COP(=O)(O)OP(=O)(O)OP(=O)(O)OCc5ccc6ccccc6c5)C(O)(O)C4(O)O)ccc3n2)c1. The first-order valence-corrected chi connectivity index (χ1v) is 19.3. The molecule has 0 bridgehead atoms. The van der Waals surface area contributed by atoms with E-state index in [0.29, 0.717) is 27.1 Å². The quantitative estimate of drug-likeness (QED) is 0.0665. The zero-order valence-electron chi connectivity index (χ0n) is 26.5. The van der Waals surface area contributed by atoms with Crippen LogP contribution >= 0.6 is 23.5 Å². The smallest absolute Gasteiger partial charge is 0.490 e. The Morgan fingerprint density at radius 3 is 2.23 bits per heavy atom. The third kappa shape index (κ3) is 7.83. The minimum absolute atomic E-state index is 0.109. The van der Waals surface area contributed by atoms with Crippen molar-refractivity contribution in [2.24, 2.45) is 0 Å². The van der Waals surface area contributed by atoms with Gasteiger partial charge >= 0.3 is 29.2 Å². The molecule has 1 aliphatic rings. The van der Waals surface area contributed by atoms with Gasteiger partial charge in [-0.1, -0.05) is 48.5 Å². The molecule has 278 valence electrons. The molecule has 5 atom stereocenters. The number of phosphoric acid groups is 3. The number of imidazole rings is 1. The van der Waals surface area contributed by atoms with Gasteiger partial charge in [-0.3, -0.25) is 18.0 Å². The molecule has 52 heavy (non-hydrogen) atoms. The van der Waals surface area contributed by atoms with Crippen LogP contribution in [0.4, 0.5) is 0 Å². The number of methoxy groups -OCH3 is 1. The minimum atomic E-state index is -5.93. The number of nitrogens with zero attached hydrogens (tertiary/aromatic N) is 3. The van der Waals surface area contributed by atoms with Gasteiger partial charge in [0.05, 0.1) is 26.0 Å². The Balaban J connectivity index is 1.12. The molecule has 1 fully saturated rings. The van der Waals surface area contributed by atoms with Crippen LogP contribution in [0.2, 0.25) is 0 Å². The van der Waals surface area contributed by atoms with Crippen LogP contribution in [0.5, 0.6) is 5.75 Å². The molecule has 3 aromatic carbocycles. The van der Waals surface area contributed by atoms with Crippen molar-refractivity contribution in [3.63, 3.8) is 0 Å². The first-order chi connectivity index (χ1) is 24.3. The normalized spacial score (nSPS) is 21.8. The van der Waals surface area contributed by atoms with Crippen molar-refractivity contribution in [1.82, 2.24) is 14.0 Å². The largest absolute Gasteiger partial charge is 0.497 e. The van der Waals surface area contributed by atoms with Crippen LogP contribution in [0.15, 0.2) is 90.0 Å². The lowest BCUT2D eigenvalue weighted by Gasteiger charge is -2.31. The van der Waals surface area contributed by atoms with E-state index in [2.05, 4.69) is 18.1 Å². The summed E-state index contributed by atoms with van der Waals surface area (Å²) in [6.45, 7) is -2.05. The Labute approximate surface area is 292 Å². The highest BCUT2D eigenvalue weighted by molar-refractivity contribution is 7.66. The minimum Gasteiger partial charge on any atom is -0.497 e. The molecule has 23 heteroatoms. The fourth-order valence-corrected chi connectivity index (χ4v) is 8.74. The predicted octanol–water partition coefficient (Wildman–Crippen LogP) is 2.15. The molecule has 1 saturated heterocycles. The van der Waals surface area contributed by atoms with Gasteiger partial charge < -0.3 is 44.6 Å². The average molecular weight is 785 g/mol. The molecule has 0 saturated carbocycles. The fourth-order valence-electron chi connectivity index (χ4n) is 5.25. The molecule has 7 N–H and O–H groups in total. The summed E-state index contributed by atoms with van der Waals surface area (Å²) >= 11 is 0. The summed E-state index contributed by atoms with van der Waals surface area (Å²) in [5.74, 6) is -6.89. The van der Waals surface area contributed by atoms with Gasteiger partial charge in [0.1, 0.15) is 17.5 Å². The summed E-state index contributed by atoms with van der Waals surface area (Å²) in [5, 5.41) is 44.2. The van der Waals surface area contributed by atoms with Crippen LogP contribution in [0, 0.1) is 0 Å². The van der Waals surface area contributed by atoms with Crippen molar-refractivity contribution in [2.75, 3.05) is 13.7 Å². The van der Waals surface area contributed by atoms with Gasteiger partial charge in [0.15, 0.2) is 6.23 Å². The lowest BCUT2D eigenvalue weighted by Crippen LogP contribution is -2.59. The number of hydrogen-bond donors (Lipinski definition) is 7. The molecule has 1 aliphatic heterocycles. The van der Waals surface area contributed by atoms with Gasteiger partial charge in [-0.15, -0.1) is 0 Å². The molecule has 6 rings (SSSR count). The van der Waals surface area contributed by atoms with Gasteiger partial charge in [0.25, 0.3) is 11.6 Å². The van der Waals surface area contributed by atoms with Crippen LogP contribution < -0.4 is 10.4 Å². The zero-order chi connectivity index (χ0) is 37.7. The van der Waals surface area contributed by atoms with Crippen molar-refractivity contribution < 1.29 is 75.9 Å². The number of aromatic nitrogens is 3. The Bertz CT molecular complexity index is 2340. The number of phosphoric ester groups is 2. The number of fused-ring (bicyclic) bond motifs is 2.